The monoisotopic (exact) mass is 206 g/mol. The van der Waals surface area contributed by atoms with Crippen LogP contribution in [-0.4, -0.2) is 24.6 Å². The van der Waals surface area contributed by atoms with Gasteiger partial charge < -0.3 is 9.47 Å². The van der Waals surface area contributed by atoms with Crippen LogP contribution in [0.1, 0.15) is 13.3 Å². The van der Waals surface area contributed by atoms with Crippen LogP contribution in [0.25, 0.3) is 0 Å². The van der Waals surface area contributed by atoms with Gasteiger partial charge in [0.2, 0.25) is 0 Å². The summed E-state index contributed by atoms with van der Waals surface area (Å²) in [6.07, 6.45) is 0.000720. The van der Waals surface area contributed by atoms with E-state index in [-0.39, 0.29) is 11.9 Å². The minimum absolute atomic E-state index is 0.0669. The van der Waals surface area contributed by atoms with Gasteiger partial charge in [-0.15, -0.1) is 0 Å². The number of ketones is 1. The number of para-hydroxylation sites is 1. The standard InChI is InChI=1S/C12H14O3/c1-2-14-11-8-10(13)12(11)15-9-6-4-3-5-7-9/h3-7,11-12H,2,8H2,1H3/t11-,12-/m1/s1. The first-order valence-corrected chi connectivity index (χ1v) is 5.17. The molecule has 0 unspecified atom stereocenters. The van der Waals surface area contributed by atoms with Crippen molar-refractivity contribution in [1.29, 1.82) is 0 Å². The van der Waals surface area contributed by atoms with Crippen LogP contribution in [0.3, 0.4) is 0 Å². The molecule has 3 heteroatoms. The molecule has 15 heavy (non-hydrogen) atoms. The molecule has 0 heterocycles. The third-order valence-corrected chi connectivity index (χ3v) is 2.44. The maximum atomic E-state index is 11.3. The lowest BCUT2D eigenvalue weighted by atomic mass is 9.90. The van der Waals surface area contributed by atoms with Crippen LogP contribution < -0.4 is 4.74 Å². The topological polar surface area (TPSA) is 35.5 Å². The zero-order valence-electron chi connectivity index (χ0n) is 8.68. The Bertz CT molecular complexity index is 334. The van der Waals surface area contributed by atoms with E-state index in [1.807, 2.05) is 37.3 Å². The smallest absolute Gasteiger partial charge is 0.183 e. The zero-order valence-corrected chi connectivity index (χ0v) is 8.68. The van der Waals surface area contributed by atoms with Gasteiger partial charge in [-0.3, -0.25) is 4.79 Å². The van der Waals surface area contributed by atoms with E-state index in [1.54, 1.807) is 0 Å². The van der Waals surface area contributed by atoms with Gasteiger partial charge in [0.25, 0.3) is 0 Å². The lowest BCUT2D eigenvalue weighted by molar-refractivity contribution is -0.152. The maximum absolute atomic E-state index is 11.3. The van der Waals surface area contributed by atoms with E-state index >= 15 is 0 Å². The van der Waals surface area contributed by atoms with E-state index in [1.165, 1.54) is 0 Å². The molecule has 0 aromatic heterocycles. The van der Waals surface area contributed by atoms with Gasteiger partial charge in [0.15, 0.2) is 11.9 Å². The van der Waals surface area contributed by atoms with Crippen molar-refractivity contribution in [3.05, 3.63) is 30.3 Å². The average Bonchev–Trinajstić information content (AvgIpc) is 2.27. The molecule has 1 aliphatic carbocycles. The average molecular weight is 206 g/mol. The lowest BCUT2D eigenvalue weighted by Crippen LogP contribution is -2.52. The Labute approximate surface area is 89.0 Å². The number of rotatable bonds is 4. The summed E-state index contributed by atoms with van der Waals surface area (Å²) in [6.45, 7) is 2.54. The van der Waals surface area contributed by atoms with Crippen molar-refractivity contribution in [2.45, 2.75) is 25.6 Å². The van der Waals surface area contributed by atoms with Crippen molar-refractivity contribution in [3.63, 3.8) is 0 Å². The number of carbonyl (C=O) groups excluding carboxylic acids is 1. The van der Waals surface area contributed by atoms with E-state index in [2.05, 4.69) is 0 Å². The fourth-order valence-corrected chi connectivity index (χ4v) is 1.62. The first kappa shape index (κ1) is 10.2. The molecule has 1 aromatic rings. The highest BCUT2D eigenvalue weighted by molar-refractivity contribution is 5.90. The summed E-state index contributed by atoms with van der Waals surface area (Å²) in [5.41, 5.74) is 0. The summed E-state index contributed by atoms with van der Waals surface area (Å²) in [6, 6.07) is 9.36. The Balaban J connectivity index is 1.96. The summed E-state index contributed by atoms with van der Waals surface area (Å²) in [4.78, 5) is 11.3. The molecule has 0 spiro atoms. The van der Waals surface area contributed by atoms with Gasteiger partial charge in [0, 0.05) is 13.0 Å². The molecule has 1 aromatic carbocycles. The van der Waals surface area contributed by atoms with E-state index in [4.69, 9.17) is 9.47 Å². The lowest BCUT2D eigenvalue weighted by Gasteiger charge is -2.34. The first-order chi connectivity index (χ1) is 7.31. The number of carbonyl (C=O) groups is 1. The number of benzene rings is 1. The van der Waals surface area contributed by atoms with Crippen molar-refractivity contribution in [2.75, 3.05) is 6.61 Å². The zero-order chi connectivity index (χ0) is 10.7. The van der Waals surface area contributed by atoms with Crippen LogP contribution in [0.4, 0.5) is 0 Å². The van der Waals surface area contributed by atoms with E-state index in [0.717, 1.165) is 5.75 Å². The number of Topliss-reactive ketones (excluding diaryl/α,β-unsaturated/α-hetero) is 1. The molecule has 1 aliphatic rings. The molecule has 1 fully saturated rings. The predicted molar refractivity (Wildman–Crippen MR) is 55.9 cm³/mol. The Morgan fingerprint density at radius 2 is 2.07 bits per heavy atom. The molecule has 3 nitrogen and oxygen atoms in total. The molecular weight excluding hydrogens is 192 g/mol. The molecule has 2 rings (SSSR count). The summed E-state index contributed by atoms with van der Waals surface area (Å²) < 4.78 is 10.9. The largest absolute Gasteiger partial charge is 0.480 e. The van der Waals surface area contributed by atoms with Crippen LogP contribution in [-0.2, 0) is 9.53 Å². The fraction of sp³-hybridized carbons (Fsp3) is 0.417. The molecule has 0 radical (unpaired) electrons. The number of hydrogen-bond acceptors (Lipinski definition) is 3. The molecule has 0 N–H and O–H groups in total. The van der Waals surface area contributed by atoms with Gasteiger partial charge in [-0.25, -0.2) is 0 Å². The molecule has 2 atom stereocenters. The van der Waals surface area contributed by atoms with Crippen LogP contribution in [0.2, 0.25) is 0 Å². The van der Waals surface area contributed by atoms with Crippen LogP contribution in [0.15, 0.2) is 30.3 Å². The second kappa shape index (κ2) is 4.45. The summed E-state index contributed by atoms with van der Waals surface area (Å²) >= 11 is 0. The minimum Gasteiger partial charge on any atom is -0.480 e. The fourth-order valence-electron chi connectivity index (χ4n) is 1.62. The van der Waals surface area contributed by atoms with Gasteiger partial charge in [-0.05, 0) is 19.1 Å². The Kier molecular flexibility index (Phi) is 3.02. The normalized spacial score (nSPS) is 24.7. The van der Waals surface area contributed by atoms with E-state index in [0.29, 0.717) is 13.0 Å². The second-order valence-electron chi connectivity index (χ2n) is 3.52. The summed E-state index contributed by atoms with van der Waals surface area (Å²) in [7, 11) is 0. The van der Waals surface area contributed by atoms with Gasteiger partial charge in [0.05, 0.1) is 0 Å². The Morgan fingerprint density at radius 3 is 2.67 bits per heavy atom. The maximum Gasteiger partial charge on any atom is 0.183 e. The van der Waals surface area contributed by atoms with Crippen LogP contribution >= 0.6 is 0 Å². The summed E-state index contributed by atoms with van der Waals surface area (Å²) in [5, 5.41) is 0. The third-order valence-electron chi connectivity index (χ3n) is 2.44. The number of ether oxygens (including phenoxy) is 2. The molecule has 1 saturated carbocycles. The second-order valence-corrected chi connectivity index (χ2v) is 3.52. The van der Waals surface area contributed by atoms with Crippen molar-refractivity contribution in [1.82, 2.24) is 0 Å². The number of hydrogen-bond donors (Lipinski definition) is 0. The molecule has 0 aliphatic heterocycles. The van der Waals surface area contributed by atoms with E-state index < -0.39 is 6.10 Å². The highest BCUT2D eigenvalue weighted by atomic mass is 16.5. The van der Waals surface area contributed by atoms with Gasteiger partial charge in [-0.1, -0.05) is 18.2 Å². The molecule has 0 saturated heterocycles. The highest BCUT2D eigenvalue weighted by Gasteiger charge is 2.42. The molecule has 80 valence electrons. The molecular formula is C12H14O3. The first-order valence-electron chi connectivity index (χ1n) is 5.17. The third kappa shape index (κ3) is 2.18. The van der Waals surface area contributed by atoms with Gasteiger partial charge >= 0.3 is 0 Å². The molecule has 0 bridgehead atoms. The molecule has 0 amide bonds. The van der Waals surface area contributed by atoms with E-state index in [9.17, 15) is 4.79 Å². The van der Waals surface area contributed by atoms with Crippen molar-refractivity contribution >= 4 is 5.78 Å². The van der Waals surface area contributed by atoms with Crippen molar-refractivity contribution < 1.29 is 14.3 Å². The predicted octanol–water partition coefficient (Wildman–Crippen LogP) is 1.81. The van der Waals surface area contributed by atoms with Crippen molar-refractivity contribution in [2.24, 2.45) is 0 Å². The van der Waals surface area contributed by atoms with Crippen LogP contribution in [0, 0.1) is 0 Å². The van der Waals surface area contributed by atoms with Crippen molar-refractivity contribution in [3.8, 4) is 5.75 Å². The Morgan fingerprint density at radius 1 is 1.33 bits per heavy atom. The van der Waals surface area contributed by atoms with Crippen LogP contribution in [0.5, 0.6) is 5.75 Å². The highest BCUT2D eigenvalue weighted by Crippen LogP contribution is 2.25. The van der Waals surface area contributed by atoms with Gasteiger partial charge in [0.1, 0.15) is 11.9 Å². The van der Waals surface area contributed by atoms with Gasteiger partial charge in [-0.2, -0.15) is 0 Å². The summed E-state index contributed by atoms with van der Waals surface area (Å²) in [5.74, 6) is 0.845. The Hall–Kier alpha value is -1.35. The quantitative estimate of drug-likeness (QED) is 0.753. The minimum atomic E-state index is -0.410. The SMILES string of the molecule is CCO[C@@H]1CC(=O)[C@H]1Oc1ccccc1.